The molecule has 22 heavy (non-hydrogen) atoms. The van der Waals surface area contributed by atoms with Crippen molar-refractivity contribution in [2.24, 2.45) is 7.05 Å². The number of nitrogens with zero attached hydrogens (tertiary/aromatic N) is 3. The highest BCUT2D eigenvalue weighted by atomic mass is 19.2. The molecule has 1 unspecified atom stereocenters. The molecule has 2 heterocycles. The summed E-state index contributed by atoms with van der Waals surface area (Å²) < 4.78 is 29.2. The molecule has 1 saturated heterocycles. The van der Waals surface area contributed by atoms with E-state index >= 15 is 0 Å². The second kappa shape index (κ2) is 6.57. The monoisotopic (exact) mass is 305 g/mol. The van der Waals surface area contributed by atoms with Crippen molar-refractivity contribution in [2.75, 3.05) is 6.54 Å². The number of hydrogen-bond acceptors (Lipinski definition) is 2. The van der Waals surface area contributed by atoms with Crippen molar-refractivity contribution in [1.29, 1.82) is 0 Å². The lowest BCUT2D eigenvalue weighted by Crippen LogP contribution is -2.29. The number of rotatable bonds is 3. The summed E-state index contributed by atoms with van der Waals surface area (Å²) in [5.41, 5.74) is 1.43. The molecule has 3 nitrogen and oxygen atoms in total. The molecule has 1 fully saturated rings. The summed E-state index contributed by atoms with van der Waals surface area (Å²) in [5, 5.41) is 4.52. The average Bonchev–Trinajstić information content (AvgIpc) is 2.79. The van der Waals surface area contributed by atoms with Crippen molar-refractivity contribution in [3.05, 3.63) is 53.4 Å². The smallest absolute Gasteiger partial charge is 0.163 e. The lowest BCUT2D eigenvalue weighted by atomic mass is 10.1. The first-order valence-electron chi connectivity index (χ1n) is 7.81. The van der Waals surface area contributed by atoms with Crippen molar-refractivity contribution in [2.45, 2.75) is 38.3 Å². The topological polar surface area (TPSA) is 21.1 Å². The Morgan fingerprint density at radius 2 is 2.05 bits per heavy atom. The van der Waals surface area contributed by atoms with E-state index in [0.29, 0.717) is 12.1 Å². The van der Waals surface area contributed by atoms with E-state index in [2.05, 4.69) is 10.00 Å². The Hall–Kier alpha value is -1.75. The van der Waals surface area contributed by atoms with E-state index in [1.54, 1.807) is 16.8 Å². The molecule has 3 rings (SSSR count). The van der Waals surface area contributed by atoms with E-state index in [0.717, 1.165) is 37.6 Å². The summed E-state index contributed by atoms with van der Waals surface area (Å²) in [7, 11) is 1.90. The average molecular weight is 305 g/mol. The van der Waals surface area contributed by atoms with Crippen molar-refractivity contribution in [3.8, 4) is 0 Å². The van der Waals surface area contributed by atoms with Crippen LogP contribution in [0.2, 0.25) is 0 Å². The fraction of sp³-hybridized carbons (Fsp3) is 0.471. The highest BCUT2D eigenvalue weighted by molar-refractivity contribution is 5.19. The van der Waals surface area contributed by atoms with Gasteiger partial charge in [0.2, 0.25) is 0 Å². The fourth-order valence-corrected chi connectivity index (χ4v) is 3.19. The van der Waals surface area contributed by atoms with Gasteiger partial charge in [-0.15, -0.1) is 0 Å². The van der Waals surface area contributed by atoms with Crippen LogP contribution in [-0.2, 0) is 13.6 Å². The van der Waals surface area contributed by atoms with E-state index < -0.39 is 11.6 Å². The molecule has 0 N–H and O–H groups in total. The van der Waals surface area contributed by atoms with E-state index in [-0.39, 0.29) is 6.04 Å². The van der Waals surface area contributed by atoms with Crippen LogP contribution < -0.4 is 0 Å². The van der Waals surface area contributed by atoms with Gasteiger partial charge in [-0.25, -0.2) is 8.78 Å². The first-order valence-corrected chi connectivity index (χ1v) is 7.81. The van der Waals surface area contributed by atoms with Gasteiger partial charge in [0, 0.05) is 25.4 Å². The van der Waals surface area contributed by atoms with Crippen LogP contribution >= 0.6 is 0 Å². The highest BCUT2D eigenvalue weighted by Crippen LogP contribution is 2.31. The number of benzene rings is 1. The minimum Gasteiger partial charge on any atom is -0.290 e. The summed E-state index contributed by atoms with van der Waals surface area (Å²) in [6.45, 7) is 1.31. The second-order valence-electron chi connectivity index (χ2n) is 5.96. The molecule has 0 bridgehead atoms. The van der Waals surface area contributed by atoms with Crippen LogP contribution in [0.5, 0.6) is 0 Å². The summed E-state index contributed by atoms with van der Waals surface area (Å²) in [4.78, 5) is 2.23. The molecule has 2 aromatic rings. The lowest BCUT2D eigenvalue weighted by molar-refractivity contribution is 0.185. The zero-order chi connectivity index (χ0) is 15.5. The third kappa shape index (κ3) is 3.19. The van der Waals surface area contributed by atoms with Gasteiger partial charge in [-0.1, -0.05) is 25.0 Å². The maximum Gasteiger partial charge on any atom is 0.163 e. The zero-order valence-corrected chi connectivity index (χ0v) is 12.8. The fourth-order valence-electron chi connectivity index (χ4n) is 3.19. The first kappa shape index (κ1) is 15.2. The maximum absolute atomic E-state index is 14.0. The van der Waals surface area contributed by atoms with Crippen molar-refractivity contribution >= 4 is 0 Å². The Bertz CT molecular complexity index is 639. The molecular weight excluding hydrogens is 284 g/mol. The summed E-state index contributed by atoms with van der Waals surface area (Å²) >= 11 is 0. The van der Waals surface area contributed by atoms with Crippen LogP contribution in [0.25, 0.3) is 0 Å². The van der Waals surface area contributed by atoms with Gasteiger partial charge in [0.25, 0.3) is 0 Å². The molecule has 0 amide bonds. The quantitative estimate of drug-likeness (QED) is 0.859. The third-order valence-electron chi connectivity index (χ3n) is 4.34. The molecular formula is C17H21F2N3. The Morgan fingerprint density at radius 3 is 2.82 bits per heavy atom. The molecule has 118 valence electrons. The van der Waals surface area contributed by atoms with Crippen molar-refractivity contribution in [1.82, 2.24) is 14.7 Å². The SMILES string of the molecule is Cn1ccc(C2CCCCCN2Cc2cccc(F)c2F)n1. The van der Waals surface area contributed by atoms with Crippen LogP contribution in [0, 0.1) is 11.6 Å². The summed E-state index contributed by atoms with van der Waals surface area (Å²) in [6.07, 6.45) is 6.34. The lowest BCUT2D eigenvalue weighted by Gasteiger charge is -2.29. The molecule has 0 spiro atoms. The van der Waals surface area contributed by atoms with Gasteiger partial charge in [-0.3, -0.25) is 9.58 Å². The van der Waals surface area contributed by atoms with Crippen molar-refractivity contribution in [3.63, 3.8) is 0 Å². The molecule has 1 aromatic carbocycles. The molecule has 0 radical (unpaired) electrons. The Labute approximate surface area is 129 Å². The Morgan fingerprint density at radius 1 is 1.18 bits per heavy atom. The minimum absolute atomic E-state index is 0.173. The predicted molar refractivity (Wildman–Crippen MR) is 81.2 cm³/mol. The normalized spacial score (nSPS) is 20.0. The van der Waals surface area contributed by atoms with Gasteiger partial charge in [0.1, 0.15) is 0 Å². The van der Waals surface area contributed by atoms with Gasteiger partial charge >= 0.3 is 0 Å². The van der Waals surface area contributed by atoms with Crippen molar-refractivity contribution < 1.29 is 8.78 Å². The number of likely N-dealkylation sites (tertiary alicyclic amines) is 1. The zero-order valence-electron chi connectivity index (χ0n) is 12.8. The van der Waals surface area contributed by atoms with Gasteiger partial charge in [0.05, 0.1) is 11.7 Å². The number of halogens is 2. The van der Waals surface area contributed by atoms with Gasteiger partial charge in [-0.05, 0) is 31.5 Å². The van der Waals surface area contributed by atoms with E-state index in [1.807, 2.05) is 19.3 Å². The second-order valence-corrected chi connectivity index (χ2v) is 5.96. The number of aryl methyl sites for hydroxylation is 1. The van der Waals surface area contributed by atoms with Gasteiger partial charge < -0.3 is 0 Å². The summed E-state index contributed by atoms with van der Waals surface area (Å²) in [6, 6.07) is 6.59. The molecule has 1 aromatic heterocycles. The van der Waals surface area contributed by atoms with E-state index in [4.69, 9.17) is 0 Å². The standard InChI is InChI=1S/C17H21F2N3/c1-21-11-9-15(20-21)16-8-3-2-4-10-22(16)12-13-6-5-7-14(18)17(13)19/h5-7,9,11,16H,2-4,8,10,12H2,1H3. The van der Waals surface area contributed by atoms with Crippen LogP contribution in [0.4, 0.5) is 8.78 Å². The molecule has 1 atom stereocenters. The summed E-state index contributed by atoms with van der Waals surface area (Å²) in [5.74, 6) is -1.51. The Kier molecular flexibility index (Phi) is 4.52. The third-order valence-corrected chi connectivity index (χ3v) is 4.34. The molecule has 0 aliphatic carbocycles. The molecule has 5 heteroatoms. The minimum atomic E-state index is -0.776. The van der Waals surface area contributed by atoms with E-state index in [9.17, 15) is 8.78 Å². The van der Waals surface area contributed by atoms with Gasteiger partial charge in [-0.2, -0.15) is 5.10 Å². The van der Waals surface area contributed by atoms with Crippen LogP contribution in [0.3, 0.4) is 0 Å². The molecule has 0 saturated carbocycles. The maximum atomic E-state index is 14.0. The number of hydrogen-bond donors (Lipinski definition) is 0. The number of aromatic nitrogens is 2. The van der Waals surface area contributed by atoms with Crippen LogP contribution in [0.15, 0.2) is 30.5 Å². The predicted octanol–water partition coefficient (Wildman–Crippen LogP) is 3.82. The van der Waals surface area contributed by atoms with Crippen LogP contribution in [0.1, 0.15) is 43.0 Å². The van der Waals surface area contributed by atoms with Crippen LogP contribution in [-0.4, -0.2) is 21.2 Å². The van der Waals surface area contributed by atoms with E-state index in [1.165, 1.54) is 6.42 Å². The largest absolute Gasteiger partial charge is 0.290 e. The highest BCUT2D eigenvalue weighted by Gasteiger charge is 2.25. The first-order chi connectivity index (χ1) is 10.6. The molecule has 1 aliphatic rings. The van der Waals surface area contributed by atoms with Gasteiger partial charge in [0.15, 0.2) is 11.6 Å². The molecule has 1 aliphatic heterocycles. The Balaban J connectivity index is 1.86.